The maximum absolute atomic E-state index is 5.29. The number of anilines is 1. The van der Waals surface area contributed by atoms with Gasteiger partial charge in [0, 0.05) is 37.8 Å². The normalized spacial score (nSPS) is 23.5. The Kier molecular flexibility index (Phi) is 4.38. The summed E-state index contributed by atoms with van der Waals surface area (Å²) in [5.41, 5.74) is 0. The third kappa shape index (κ3) is 3.44. The van der Waals surface area contributed by atoms with E-state index in [2.05, 4.69) is 19.8 Å². The maximum Gasteiger partial charge on any atom is 0.218 e. The molecule has 0 aromatic carbocycles. The SMILES string of the molecule is COc1cc(N(C2CC2)C2CCN(CC3CCC3)CC2)ncn1. The Morgan fingerprint density at radius 1 is 1.09 bits per heavy atom. The number of piperidine rings is 1. The monoisotopic (exact) mass is 316 g/mol. The smallest absolute Gasteiger partial charge is 0.218 e. The van der Waals surface area contributed by atoms with Crippen LogP contribution >= 0.6 is 0 Å². The van der Waals surface area contributed by atoms with Gasteiger partial charge in [0.25, 0.3) is 0 Å². The van der Waals surface area contributed by atoms with Crippen LogP contribution in [0.25, 0.3) is 0 Å². The van der Waals surface area contributed by atoms with Gasteiger partial charge in [-0.3, -0.25) is 0 Å². The number of likely N-dealkylation sites (tertiary alicyclic amines) is 1. The van der Waals surface area contributed by atoms with Gasteiger partial charge >= 0.3 is 0 Å². The highest BCUT2D eigenvalue weighted by Gasteiger charge is 2.37. The van der Waals surface area contributed by atoms with Crippen molar-refractivity contribution in [3.8, 4) is 5.88 Å². The number of ether oxygens (including phenoxy) is 1. The lowest BCUT2D eigenvalue weighted by Gasteiger charge is -2.41. The van der Waals surface area contributed by atoms with Crippen LogP contribution in [-0.4, -0.2) is 53.7 Å². The van der Waals surface area contributed by atoms with Crippen molar-refractivity contribution in [2.24, 2.45) is 5.92 Å². The Morgan fingerprint density at radius 3 is 2.43 bits per heavy atom. The zero-order chi connectivity index (χ0) is 15.6. The van der Waals surface area contributed by atoms with Crippen molar-refractivity contribution in [3.63, 3.8) is 0 Å². The molecule has 1 saturated heterocycles. The van der Waals surface area contributed by atoms with E-state index in [0.29, 0.717) is 18.0 Å². The number of rotatable bonds is 6. The summed E-state index contributed by atoms with van der Waals surface area (Å²) in [6.07, 6.45) is 11.1. The first-order chi connectivity index (χ1) is 11.3. The van der Waals surface area contributed by atoms with Crippen LogP contribution in [-0.2, 0) is 0 Å². The van der Waals surface area contributed by atoms with Crippen molar-refractivity contribution in [2.45, 2.75) is 57.0 Å². The fraction of sp³-hybridized carbons (Fsp3) is 0.778. The molecule has 4 rings (SSSR count). The second-order valence-electron chi connectivity index (χ2n) is 7.39. The van der Waals surface area contributed by atoms with Crippen LogP contribution in [0.5, 0.6) is 5.88 Å². The van der Waals surface area contributed by atoms with Gasteiger partial charge in [0.05, 0.1) is 7.11 Å². The van der Waals surface area contributed by atoms with Gasteiger partial charge in [-0.1, -0.05) is 6.42 Å². The van der Waals surface area contributed by atoms with Gasteiger partial charge in [-0.15, -0.1) is 0 Å². The van der Waals surface area contributed by atoms with Crippen LogP contribution in [0.1, 0.15) is 44.9 Å². The van der Waals surface area contributed by atoms with Crippen LogP contribution < -0.4 is 9.64 Å². The molecule has 5 nitrogen and oxygen atoms in total. The van der Waals surface area contributed by atoms with Gasteiger partial charge < -0.3 is 14.5 Å². The van der Waals surface area contributed by atoms with E-state index in [1.807, 2.05) is 6.07 Å². The fourth-order valence-corrected chi connectivity index (χ4v) is 4.03. The first-order valence-electron chi connectivity index (χ1n) is 9.20. The molecule has 3 aliphatic rings. The average molecular weight is 316 g/mol. The molecule has 0 N–H and O–H groups in total. The van der Waals surface area contributed by atoms with Crippen molar-refractivity contribution in [1.82, 2.24) is 14.9 Å². The highest BCUT2D eigenvalue weighted by molar-refractivity contribution is 5.45. The Morgan fingerprint density at radius 2 is 1.83 bits per heavy atom. The second-order valence-corrected chi connectivity index (χ2v) is 7.39. The molecule has 1 aliphatic heterocycles. The Labute approximate surface area is 139 Å². The van der Waals surface area contributed by atoms with Crippen molar-refractivity contribution in [3.05, 3.63) is 12.4 Å². The van der Waals surface area contributed by atoms with Gasteiger partial charge in [0.1, 0.15) is 12.1 Å². The number of hydrogen-bond donors (Lipinski definition) is 0. The van der Waals surface area contributed by atoms with Crippen molar-refractivity contribution in [1.29, 1.82) is 0 Å². The summed E-state index contributed by atoms with van der Waals surface area (Å²) < 4.78 is 5.29. The summed E-state index contributed by atoms with van der Waals surface area (Å²) in [6.45, 7) is 3.82. The fourth-order valence-electron chi connectivity index (χ4n) is 4.03. The summed E-state index contributed by atoms with van der Waals surface area (Å²) in [5.74, 6) is 2.71. The van der Waals surface area contributed by atoms with E-state index in [1.165, 1.54) is 64.6 Å². The van der Waals surface area contributed by atoms with Crippen LogP contribution in [0, 0.1) is 5.92 Å². The van der Waals surface area contributed by atoms with E-state index in [4.69, 9.17) is 4.74 Å². The molecule has 3 fully saturated rings. The summed E-state index contributed by atoms with van der Waals surface area (Å²) in [6, 6.07) is 3.30. The zero-order valence-corrected chi connectivity index (χ0v) is 14.2. The first-order valence-corrected chi connectivity index (χ1v) is 9.20. The summed E-state index contributed by atoms with van der Waals surface area (Å²) >= 11 is 0. The molecular formula is C18H28N4O. The molecule has 1 aromatic heterocycles. The van der Waals surface area contributed by atoms with Crippen molar-refractivity contribution in [2.75, 3.05) is 31.6 Å². The van der Waals surface area contributed by atoms with Gasteiger partial charge in [-0.2, -0.15) is 0 Å². The lowest BCUT2D eigenvalue weighted by atomic mass is 9.84. The van der Waals surface area contributed by atoms with E-state index in [1.54, 1.807) is 13.4 Å². The van der Waals surface area contributed by atoms with Crippen molar-refractivity contribution < 1.29 is 4.74 Å². The summed E-state index contributed by atoms with van der Waals surface area (Å²) in [4.78, 5) is 13.9. The molecule has 1 aromatic rings. The predicted molar refractivity (Wildman–Crippen MR) is 90.9 cm³/mol. The minimum Gasteiger partial charge on any atom is -0.481 e. The third-order valence-electron chi connectivity index (χ3n) is 5.73. The average Bonchev–Trinajstić information content (AvgIpc) is 3.38. The molecule has 0 atom stereocenters. The largest absolute Gasteiger partial charge is 0.481 e. The number of nitrogens with zero attached hydrogens (tertiary/aromatic N) is 4. The number of hydrogen-bond acceptors (Lipinski definition) is 5. The van der Waals surface area contributed by atoms with E-state index in [0.717, 1.165) is 11.7 Å². The van der Waals surface area contributed by atoms with Gasteiger partial charge in [0.15, 0.2) is 0 Å². The lowest BCUT2D eigenvalue weighted by molar-refractivity contribution is 0.145. The summed E-state index contributed by atoms with van der Waals surface area (Å²) in [7, 11) is 1.67. The van der Waals surface area contributed by atoms with E-state index < -0.39 is 0 Å². The van der Waals surface area contributed by atoms with Crippen LogP contribution in [0.15, 0.2) is 12.4 Å². The van der Waals surface area contributed by atoms with E-state index in [-0.39, 0.29) is 0 Å². The van der Waals surface area contributed by atoms with E-state index >= 15 is 0 Å². The van der Waals surface area contributed by atoms with Crippen LogP contribution in [0.4, 0.5) is 5.82 Å². The van der Waals surface area contributed by atoms with Gasteiger partial charge in [0.2, 0.25) is 5.88 Å². The van der Waals surface area contributed by atoms with Gasteiger partial charge in [-0.05, 0) is 44.4 Å². The van der Waals surface area contributed by atoms with Crippen LogP contribution in [0.2, 0.25) is 0 Å². The van der Waals surface area contributed by atoms with E-state index in [9.17, 15) is 0 Å². The molecule has 2 saturated carbocycles. The minimum absolute atomic E-state index is 0.625. The topological polar surface area (TPSA) is 41.5 Å². The maximum atomic E-state index is 5.29. The lowest BCUT2D eigenvalue weighted by Crippen LogP contribution is -2.47. The molecule has 126 valence electrons. The molecule has 5 heteroatoms. The highest BCUT2D eigenvalue weighted by atomic mass is 16.5. The number of aromatic nitrogens is 2. The molecular weight excluding hydrogens is 288 g/mol. The Balaban J connectivity index is 1.40. The minimum atomic E-state index is 0.625. The molecule has 2 aliphatic carbocycles. The number of methoxy groups -OCH3 is 1. The standard InChI is InChI=1S/C18H28N4O/c1-23-18-11-17(19-13-20-18)22(15-5-6-15)16-7-9-21(10-8-16)12-14-3-2-4-14/h11,13-16H,2-10,12H2,1H3. The molecule has 0 unspecified atom stereocenters. The summed E-state index contributed by atoms with van der Waals surface area (Å²) in [5, 5.41) is 0. The zero-order valence-electron chi connectivity index (χ0n) is 14.2. The Hall–Kier alpha value is -1.36. The predicted octanol–water partition coefficient (Wildman–Crippen LogP) is 2.72. The highest BCUT2D eigenvalue weighted by Crippen LogP contribution is 2.36. The molecule has 0 bridgehead atoms. The first kappa shape index (κ1) is 15.2. The van der Waals surface area contributed by atoms with Crippen LogP contribution in [0.3, 0.4) is 0 Å². The van der Waals surface area contributed by atoms with Crippen molar-refractivity contribution >= 4 is 5.82 Å². The van der Waals surface area contributed by atoms with Gasteiger partial charge in [-0.25, -0.2) is 9.97 Å². The third-order valence-corrected chi connectivity index (χ3v) is 5.73. The quantitative estimate of drug-likeness (QED) is 0.807. The second kappa shape index (κ2) is 6.63. The molecule has 2 heterocycles. The molecule has 23 heavy (non-hydrogen) atoms. The molecule has 0 amide bonds. The molecule has 0 spiro atoms. The molecule has 0 radical (unpaired) electrons. The Bertz CT molecular complexity index is 522.